The van der Waals surface area contributed by atoms with Crippen LogP contribution in [-0.2, 0) is 6.42 Å². The molecule has 0 unspecified atom stereocenters. The van der Waals surface area contributed by atoms with Gasteiger partial charge in [0.2, 0.25) is 0 Å². The van der Waals surface area contributed by atoms with Crippen LogP contribution in [0.25, 0.3) is 29.4 Å². The van der Waals surface area contributed by atoms with Gasteiger partial charge < -0.3 is 14.5 Å². The minimum Gasteiger partial charge on any atom is -0.410 e. The lowest BCUT2D eigenvalue weighted by Crippen LogP contribution is -2.48. The van der Waals surface area contributed by atoms with Gasteiger partial charge in [-0.3, -0.25) is 0 Å². The van der Waals surface area contributed by atoms with Gasteiger partial charge in [-0.1, -0.05) is 48.9 Å². The second-order valence-electron chi connectivity index (χ2n) is 9.47. The number of ether oxygens (including phenoxy) is 1. The van der Waals surface area contributed by atoms with Crippen molar-refractivity contribution in [2.24, 2.45) is 0 Å². The minimum atomic E-state index is -0.208. The van der Waals surface area contributed by atoms with Crippen molar-refractivity contribution in [3.8, 4) is 16.9 Å². The number of rotatable bonds is 2. The van der Waals surface area contributed by atoms with Crippen LogP contribution in [0.2, 0.25) is 0 Å². The summed E-state index contributed by atoms with van der Waals surface area (Å²) in [5.41, 5.74) is 5.02. The van der Waals surface area contributed by atoms with Crippen LogP contribution < -0.4 is 15.2 Å². The average Bonchev–Trinajstić information content (AvgIpc) is 3.34. The molecule has 2 fully saturated rings. The van der Waals surface area contributed by atoms with Gasteiger partial charge in [-0.25, -0.2) is 4.79 Å². The van der Waals surface area contributed by atoms with E-state index >= 15 is 0 Å². The van der Waals surface area contributed by atoms with E-state index in [1.165, 1.54) is 65.0 Å². The maximum atomic E-state index is 12.8. The quantitative estimate of drug-likeness (QED) is 0.729. The third-order valence-electron chi connectivity index (χ3n) is 7.59. The molecule has 2 saturated heterocycles. The summed E-state index contributed by atoms with van der Waals surface area (Å²) < 4.78 is 5.81. The number of benzene rings is 2. The maximum Gasteiger partial charge on any atom is 0.415 e. The Morgan fingerprint density at radius 1 is 0.906 bits per heavy atom. The van der Waals surface area contributed by atoms with Crippen molar-refractivity contribution in [3.63, 3.8) is 0 Å². The Bertz CT molecular complexity index is 1200. The van der Waals surface area contributed by atoms with Crippen LogP contribution in [0.15, 0.2) is 36.4 Å². The highest BCUT2D eigenvalue weighted by molar-refractivity contribution is 5.79. The van der Waals surface area contributed by atoms with Crippen molar-refractivity contribution >= 4 is 24.3 Å². The van der Waals surface area contributed by atoms with Crippen molar-refractivity contribution in [3.05, 3.63) is 58.0 Å². The molecule has 2 aliphatic carbocycles. The predicted octanol–water partition coefficient (Wildman–Crippen LogP) is 3.95. The Morgan fingerprint density at radius 3 is 2.56 bits per heavy atom. The molecular weight excluding hydrogens is 396 g/mol. The van der Waals surface area contributed by atoms with Crippen LogP contribution in [-0.4, -0.2) is 48.1 Å². The number of allylic oxidation sites excluding steroid dienone is 1. The topological polar surface area (TPSA) is 32.8 Å². The number of hydrogen-bond donors (Lipinski definition) is 0. The lowest BCUT2D eigenvalue weighted by Gasteiger charge is -2.39. The number of amides is 1. The number of hydrogen-bond acceptors (Lipinski definition) is 3. The normalized spacial score (nSPS) is 20.1. The van der Waals surface area contributed by atoms with E-state index in [2.05, 4.69) is 47.4 Å². The SMILES string of the molecule is O=C(Oc1ccc2c(c1)CC=c1c-2ccc2c1=CC=C2)N1CCC(N2CCCCC2)CC1. The first-order chi connectivity index (χ1) is 15.8. The molecule has 0 aromatic heterocycles. The van der Waals surface area contributed by atoms with E-state index in [1.807, 2.05) is 17.0 Å². The van der Waals surface area contributed by atoms with Crippen LogP contribution in [0.5, 0.6) is 5.75 Å². The molecule has 2 heterocycles. The van der Waals surface area contributed by atoms with Crippen LogP contribution in [0.1, 0.15) is 43.2 Å². The molecule has 0 radical (unpaired) electrons. The molecule has 0 spiro atoms. The molecule has 4 aliphatic rings. The lowest BCUT2D eigenvalue weighted by atomic mass is 9.89. The summed E-state index contributed by atoms with van der Waals surface area (Å²) in [6.07, 6.45) is 15.5. The zero-order valence-electron chi connectivity index (χ0n) is 18.6. The molecule has 2 aromatic carbocycles. The third-order valence-corrected chi connectivity index (χ3v) is 7.59. The van der Waals surface area contributed by atoms with E-state index < -0.39 is 0 Å². The van der Waals surface area contributed by atoms with E-state index in [-0.39, 0.29) is 6.09 Å². The number of piperidine rings is 2. The van der Waals surface area contributed by atoms with Crippen molar-refractivity contribution in [2.75, 3.05) is 26.2 Å². The molecule has 2 aliphatic heterocycles. The molecule has 6 rings (SSSR count). The molecule has 2 aromatic rings. The largest absolute Gasteiger partial charge is 0.415 e. The summed E-state index contributed by atoms with van der Waals surface area (Å²) in [6.45, 7) is 4.03. The highest BCUT2D eigenvalue weighted by atomic mass is 16.6. The van der Waals surface area contributed by atoms with Gasteiger partial charge in [0.15, 0.2) is 0 Å². The number of carbonyl (C=O) groups excluding carboxylic acids is 1. The Morgan fingerprint density at radius 2 is 1.72 bits per heavy atom. The first kappa shape index (κ1) is 19.8. The molecule has 0 saturated carbocycles. The zero-order valence-corrected chi connectivity index (χ0v) is 18.6. The van der Waals surface area contributed by atoms with Crippen molar-refractivity contribution < 1.29 is 9.53 Å². The molecule has 1 amide bonds. The molecule has 32 heavy (non-hydrogen) atoms. The fraction of sp³-hybridized carbons (Fsp3) is 0.393. The van der Waals surface area contributed by atoms with Crippen LogP contribution in [0.3, 0.4) is 0 Å². The fourth-order valence-electron chi connectivity index (χ4n) is 5.83. The van der Waals surface area contributed by atoms with Crippen LogP contribution >= 0.6 is 0 Å². The highest BCUT2D eigenvalue weighted by Gasteiger charge is 2.28. The van der Waals surface area contributed by atoms with Gasteiger partial charge in [-0.15, -0.1) is 0 Å². The zero-order chi connectivity index (χ0) is 21.5. The average molecular weight is 427 g/mol. The maximum absolute atomic E-state index is 12.8. The third kappa shape index (κ3) is 3.57. The van der Waals surface area contributed by atoms with Gasteiger partial charge >= 0.3 is 6.09 Å². The second-order valence-corrected chi connectivity index (χ2v) is 9.47. The summed E-state index contributed by atoms with van der Waals surface area (Å²) in [6, 6.07) is 11.1. The predicted molar refractivity (Wildman–Crippen MR) is 129 cm³/mol. The Hall–Kier alpha value is -2.85. The Labute approximate surface area is 189 Å². The summed E-state index contributed by atoms with van der Waals surface area (Å²) in [5, 5.41) is 2.64. The summed E-state index contributed by atoms with van der Waals surface area (Å²) in [4.78, 5) is 17.3. The highest BCUT2D eigenvalue weighted by Crippen LogP contribution is 2.29. The van der Waals surface area contributed by atoms with E-state index in [1.54, 1.807) is 0 Å². The van der Waals surface area contributed by atoms with Gasteiger partial charge in [-0.2, -0.15) is 0 Å². The Kier molecular flexibility index (Phi) is 5.11. The van der Waals surface area contributed by atoms with Gasteiger partial charge in [0.05, 0.1) is 0 Å². The van der Waals surface area contributed by atoms with Gasteiger partial charge in [0, 0.05) is 19.1 Å². The molecule has 0 bridgehead atoms. The Balaban J connectivity index is 1.13. The number of likely N-dealkylation sites (tertiary alicyclic amines) is 2. The van der Waals surface area contributed by atoms with E-state index in [0.717, 1.165) is 32.4 Å². The van der Waals surface area contributed by atoms with Crippen LogP contribution in [0.4, 0.5) is 4.79 Å². The fourth-order valence-corrected chi connectivity index (χ4v) is 5.83. The molecule has 4 nitrogen and oxygen atoms in total. The molecule has 0 atom stereocenters. The number of nitrogens with zero attached hydrogens (tertiary/aromatic N) is 2. The summed E-state index contributed by atoms with van der Waals surface area (Å²) in [5.74, 6) is 0.651. The first-order valence-electron chi connectivity index (χ1n) is 12.1. The van der Waals surface area contributed by atoms with Gasteiger partial charge in [0.25, 0.3) is 0 Å². The van der Waals surface area contributed by atoms with E-state index in [4.69, 9.17) is 4.74 Å². The summed E-state index contributed by atoms with van der Waals surface area (Å²) in [7, 11) is 0. The smallest absolute Gasteiger partial charge is 0.410 e. The molecule has 0 N–H and O–H groups in total. The molecule has 4 heteroatoms. The van der Waals surface area contributed by atoms with Crippen LogP contribution in [0, 0.1) is 0 Å². The van der Waals surface area contributed by atoms with Crippen molar-refractivity contribution in [2.45, 2.75) is 44.6 Å². The van der Waals surface area contributed by atoms with Crippen molar-refractivity contribution in [1.82, 2.24) is 9.80 Å². The van der Waals surface area contributed by atoms with E-state index in [0.29, 0.717) is 11.8 Å². The molecular formula is C28H30N2O2. The van der Waals surface area contributed by atoms with Crippen molar-refractivity contribution in [1.29, 1.82) is 0 Å². The standard InChI is InChI=1S/C28H30N2O2/c31-28(30-17-13-22(14-18-30)29-15-2-1-3-16-29)32-23-9-12-25-21(19-23)8-11-26-24-6-4-5-20(24)7-10-27(25)26/h4-7,9-12,19,22H,1-3,8,13-18H2. The van der Waals surface area contributed by atoms with Gasteiger partial charge in [-0.05, 0) is 90.0 Å². The lowest BCUT2D eigenvalue weighted by molar-refractivity contribution is 0.0878. The summed E-state index contributed by atoms with van der Waals surface area (Å²) >= 11 is 0. The van der Waals surface area contributed by atoms with E-state index in [9.17, 15) is 4.79 Å². The monoisotopic (exact) mass is 426 g/mol. The second kappa shape index (κ2) is 8.25. The first-order valence-corrected chi connectivity index (χ1v) is 12.1. The van der Waals surface area contributed by atoms with Gasteiger partial charge in [0.1, 0.15) is 5.75 Å². The number of fused-ring (bicyclic) bond motifs is 5. The minimum absolute atomic E-state index is 0.208. The number of carbonyl (C=O) groups is 1. The molecule has 164 valence electrons.